The quantitative estimate of drug-likeness (QED) is 0.788. The molecule has 0 amide bonds. The highest BCUT2D eigenvalue weighted by Crippen LogP contribution is 2.16. The molecule has 2 N–H and O–H groups in total. The lowest BCUT2D eigenvalue weighted by atomic mass is 10.3. The maximum absolute atomic E-state index is 11.2. The van der Waals surface area contributed by atoms with Crippen molar-refractivity contribution < 1.29 is 14.3 Å². The van der Waals surface area contributed by atoms with Crippen molar-refractivity contribution in [3.05, 3.63) is 40.0 Å². The number of aromatic nitrogens is 2. The van der Waals surface area contributed by atoms with Crippen LogP contribution in [-0.2, 0) is 0 Å². The van der Waals surface area contributed by atoms with Crippen molar-refractivity contribution in [1.82, 2.24) is 9.97 Å². The second-order valence-electron chi connectivity index (χ2n) is 3.19. The minimum Gasteiger partial charge on any atom is -0.477 e. The van der Waals surface area contributed by atoms with Crippen molar-refractivity contribution in [3.63, 3.8) is 0 Å². The van der Waals surface area contributed by atoms with Gasteiger partial charge in [-0.05, 0) is 19.1 Å². The number of carbonyl (C=O) groups is 1. The number of furan rings is 1. The Balaban J connectivity index is 2.57. The number of aromatic carboxylic acids is 1. The lowest BCUT2D eigenvalue weighted by Crippen LogP contribution is -2.13. The Hall–Kier alpha value is -2.37. The van der Waals surface area contributed by atoms with Gasteiger partial charge in [0.05, 0.1) is 0 Å². The third-order valence-electron chi connectivity index (χ3n) is 1.93. The summed E-state index contributed by atoms with van der Waals surface area (Å²) >= 11 is 0. The summed E-state index contributed by atoms with van der Waals surface area (Å²) in [7, 11) is 0. The lowest BCUT2D eigenvalue weighted by Gasteiger charge is -1.97. The Morgan fingerprint density at radius 3 is 2.81 bits per heavy atom. The molecule has 0 bridgehead atoms. The fourth-order valence-corrected chi connectivity index (χ4v) is 1.25. The number of hydrogen-bond donors (Lipinski definition) is 2. The van der Waals surface area contributed by atoms with E-state index in [0.717, 1.165) is 6.07 Å². The van der Waals surface area contributed by atoms with Crippen molar-refractivity contribution in [2.24, 2.45) is 0 Å². The van der Waals surface area contributed by atoms with Gasteiger partial charge in [0, 0.05) is 6.07 Å². The highest BCUT2D eigenvalue weighted by atomic mass is 16.4. The normalized spacial score (nSPS) is 10.3. The minimum atomic E-state index is -1.25. The molecule has 6 nitrogen and oxygen atoms in total. The number of rotatable bonds is 2. The van der Waals surface area contributed by atoms with Crippen LogP contribution in [0.4, 0.5) is 0 Å². The molecule has 2 heterocycles. The maximum Gasteiger partial charge on any atom is 0.354 e. The number of nitrogens with one attached hydrogen (secondary N) is 1. The van der Waals surface area contributed by atoms with Gasteiger partial charge in [-0.25, -0.2) is 9.78 Å². The second-order valence-corrected chi connectivity index (χ2v) is 3.19. The first-order valence-corrected chi connectivity index (χ1v) is 4.48. The first-order valence-electron chi connectivity index (χ1n) is 4.48. The van der Waals surface area contributed by atoms with Crippen LogP contribution in [0.3, 0.4) is 0 Å². The number of nitrogens with zero attached hydrogens (tertiary/aromatic N) is 1. The van der Waals surface area contributed by atoms with Crippen molar-refractivity contribution in [2.75, 3.05) is 0 Å². The second kappa shape index (κ2) is 3.65. The summed E-state index contributed by atoms with van der Waals surface area (Å²) in [5.41, 5.74) is -0.843. The zero-order valence-electron chi connectivity index (χ0n) is 8.35. The van der Waals surface area contributed by atoms with Gasteiger partial charge in [0.25, 0.3) is 5.56 Å². The van der Waals surface area contributed by atoms with Crippen LogP contribution in [0.5, 0.6) is 0 Å². The molecule has 0 saturated heterocycles. The molecule has 6 heteroatoms. The lowest BCUT2D eigenvalue weighted by molar-refractivity contribution is 0.0690. The third kappa shape index (κ3) is 1.85. The van der Waals surface area contributed by atoms with Gasteiger partial charge in [-0.15, -0.1) is 0 Å². The zero-order chi connectivity index (χ0) is 11.7. The molecule has 0 aliphatic heterocycles. The first kappa shape index (κ1) is 10.2. The van der Waals surface area contributed by atoms with Crippen molar-refractivity contribution in [1.29, 1.82) is 0 Å². The van der Waals surface area contributed by atoms with E-state index in [1.807, 2.05) is 0 Å². The van der Waals surface area contributed by atoms with Gasteiger partial charge in [0.2, 0.25) is 0 Å². The van der Waals surface area contributed by atoms with Gasteiger partial charge in [-0.1, -0.05) is 0 Å². The smallest absolute Gasteiger partial charge is 0.354 e. The summed E-state index contributed by atoms with van der Waals surface area (Å²) in [6, 6.07) is 4.23. The maximum atomic E-state index is 11.2. The number of hydrogen-bond acceptors (Lipinski definition) is 4. The highest BCUT2D eigenvalue weighted by Gasteiger charge is 2.11. The number of aromatic amines is 1. The van der Waals surface area contributed by atoms with Gasteiger partial charge in [0.15, 0.2) is 17.3 Å². The predicted octanol–water partition coefficient (Wildman–Crippen LogP) is 1.04. The molecule has 82 valence electrons. The molecule has 2 aromatic heterocycles. The van der Waals surface area contributed by atoms with Gasteiger partial charge >= 0.3 is 5.97 Å². The Labute approximate surface area is 89.6 Å². The van der Waals surface area contributed by atoms with Crippen LogP contribution in [0.15, 0.2) is 27.4 Å². The third-order valence-corrected chi connectivity index (χ3v) is 1.93. The van der Waals surface area contributed by atoms with Crippen LogP contribution in [-0.4, -0.2) is 21.0 Å². The predicted molar refractivity (Wildman–Crippen MR) is 54.3 cm³/mol. The standard InChI is InChI=1S/C10H8N2O4/c1-5-2-3-7(16-5)9-11-6(10(14)15)4-8(13)12-9/h2-4H,1H3,(H,14,15)(H,11,12,13). The van der Waals surface area contributed by atoms with Gasteiger partial charge in [-0.2, -0.15) is 0 Å². The topological polar surface area (TPSA) is 96.2 Å². The Kier molecular flexibility index (Phi) is 2.32. The molecule has 2 rings (SSSR count). The molecule has 16 heavy (non-hydrogen) atoms. The molecule has 0 aliphatic rings. The molecule has 0 fully saturated rings. The molecule has 0 atom stereocenters. The summed E-state index contributed by atoms with van der Waals surface area (Å²) in [4.78, 5) is 28.1. The Morgan fingerprint density at radius 2 is 2.25 bits per heavy atom. The van der Waals surface area contributed by atoms with Crippen LogP contribution in [0.1, 0.15) is 16.2 Å². The van der Waals surface area contributed by atoms with Crippen LogP contribution in [0.2, 0.25) is 0 Å². The molecule has 0 unspecified atom stereocenters. The summed E-state index contributed by atoms with van der Waals surface area (Å²) in [6.45, 7) is 1.74. The zero-order valence-corrected chi connectivity index (χ0v) is 8.35. The van der Waals surface area contributed by atoms with E-state index in [0.29, 0.717) is 11.5 Å². The van der Waals surface area contributed by atoms with E-state index in [4.69, 9.17) is 9.52 Å². The fraction of sp³-hybridized carbons (Fsp3) is 0.100. The van der Waals surface area contributed by atoms with E-state index in [2.05, 4.69) is 9.97 Å². The monoisotopic (exact) mass is 220 g/mol. The van der Waals surface area contributed by atoms with Gasteiger partial charge < -0.3 is 14.5 Å². The average Bonchev–Trinajstić information content (AvgIpc) is 2.64. The minimum absolute atomic E-state index is 0.109. The average molecular weight is 220 g/mol. The van der Waals surface area contributed by atoms with E-state index < -0.39 is 11.5 Å². The molecular formula is C10H8N2O4. The van der Waals surface area contributed by atoms with Crippen molar-refractivity contribution in [3.8, 4) is 11.6 Å². The van der Waals surface area contributed by atoms with Gasteiger partial charge in [-0.3, -0.25) is 4.79 Å². The summed E-state index contributed by atoms with van der Waals surface area (Å²) in [6.07, 6.45) is 0. The summed E-state index contributed by atoms with van der Waals surface area (Å²) < 4.78 is 5.23. The van der Waals surface area contributed by atoms with E-state index >= 15 is 0 Å². The number of H-pyrrole nitrogens is 1. The Morgan fingerprint density at radius 1 is 1.50 bits per heavy atom. The van der Waals surface area contributed by atoms with E-state index in [1.165, 1.54) is 0 Å². The number of aryl methyl sites for hydroxylation is 1. The van der Waals surface area contributed by atoms with Crippen molar-refractivity contribution in [2.45, 2.75) is 6.92 Å². The summed E-state index contributed by atoms with van der Waals surface area (Å²) in [5, 5.41) is 8.74. The van der Waals surface area contributed by atoms with Gasteiger partial charge in [0.1, 0.15) is 5.76 Å². The van der Waals surface area contributed by atoms with Crippen LogP contribution in [0.25, 0.3) is 11.6 Å². The molecule has 0 saturated carbocycles. The van der Waals surface area contributed by atoms with E-state index in [9.17, 15) is 9.59 Å². The summed E-state index contributed by atoms with van der Waals surface area (Å²) in [5.74, 6) is -0.162. The largest absolute Gasteiger partial charge is 0.477 e. The highest BCUT2D eigenvalue weighted by molar-refractivity contribution is 5.85. The molecule has 0 aliphatic carbocycles. The Bertz CT molecular complexity index is 597. The molecule has 0 aromatic carbocycles. The van der Waals surface area contributed by atoms with Crippen LogP contribution in [0, 0.1) is 6.92 Å². The molecular weight excluding hydrogens is 212 g/mol. The van der Waals surface area contributed by atoms with Crippen LogP contribution < -0.4 is 5.56 Å². The van der Waals surface area contributed by atoms with E-state index in [-0.39, 0.29) is 11.5 Å². The molecule has 0 spiro atoms. The van der Waals surface area contributed by atoms with Crippen molar-refractivity contribution >= 4 is 5.97 Å². The van der Waals surface area contributed by atoms with E-state index in [1.54, 1.807) is 19.1 Å². The molecule has 2 aromatic rings. The number of carboxylic acid groups (broad SMARTS) is 1. The SMILES string of the molecule is Cc1ccc(-c2nc(C(=O)O)cc(=O)[nH]2)o1. The molecule has 0 radical (unpaired) electrons. The number of carboxylic acids is 1. The first-order chi connectivity index (χ1) is 7.56. The fourth-order valence-electron chi connectivity index (χ4n) is 1.25. The van der Waals surface area contributed by atoms with Crippen LogP contribution >= 0.6 is 0 Å².